The molecule has 1 saturated heterocycles. The molecule has 1 aliphatic carbocycles. The molecule has 1 unspecified atom stereocenters. The van der Waals surface area contributed by atoms with E-state index in [-0.39, 0.29) is 54.0 Å². The van der Waals surface area contributed by atoms with Crippen LogP contribution in [-0.4, -0.2) is 92.2 Å². The second-order valence-corrected chi connectivity index (χ2v) is 12.3. The van der Waals surface area contributed by atoms with E-state index in [1.165, 1.54) is 0 Å². The number of hydrogen-bond acceptors (Lipinski definition) is 6. The van der Waals surface area contributed by atoms with Gasteiger partial charge in [0.15, 0.2) is 0 Å². The van der Waals surface area contributed by atoms with E-state index in [4.69, 9.17) is 15.2 Å². The second-order valence-electron chi connectivity index (χ2n) is 12.3. The topological polar surface area (TPSA) is 114 Å². The molecule has 0 aromatic carbocycles. The van der Waals surface area contributed by atoms with Gasteiger partial charge in [-0.2, -0.15) is 0 Å². The Hall–Kier alpha value is -2.49. The second kappa shape index (κ2) is 17.6. The number of ether oxygens (including phenoxy) is 2. The highest BCUT2D eigenvalue weighted by Crippen LogP contribution is 2.29. The molecule has 42 heavy (non-hydrogen) atoms. The number of rotatable bonds is 16. The monoisotopic (exact) mass is 588 g/mol. The molecule has 238 valence electrons. The van der Waals surface area contributed by atoms with Gasteiger partial charge in [0, 0.05) is 34.4 Å². The molecule has 1 fully saturated rings. The van der Waals surface area contributed by atoms with Gasteiger partial charge in [-0.3, -0.25) is 14.4 Å². The molecule has 1 aliphatic heterocycles. The highest BCUT2D eigenvalue weighted by atomic mass is 16.5. The highest BCUT2D eigenvalue weighted by molar-refractivity contribution is 5.82. The van der Waals surface area contributed by atoms with Crippen molar-refractivity contribution in [3.63, 3.8) is 0 Å². The van der Waals surface area contributed by atoms with E-state index in [0.717, 1.165) is 25.7 Å². The Balaban J connectivity index is 2.10. The van der Waals surface area contributed by atoms with Gasteiger partial charge >= 0.3 is 0 Å². The normalized spacial score (nSPS) is 21.5. The first-order chi connectivity index (χ1) is 20.0. The van der Waals surface area contributed by atoms with E-state index in [0.29, 0.717) is 13.1 Å². The maximum Gasteiger partial charge on any atom is 0.239 e. The minimum atomic E-state index is -0.620. The number of nitrogens with zero attached hydrogens (tertiary/aromatic N) is 2. The fourth-order valence-corrected chi connectivity index (χ4v) is 6.15. The van der Waals surface area contributed by atoms with Crippen LogP contribution < -0.4 is 11.1 Å². The Kier molecular flexibility index (Phi) is 14.9. The zero-order chi connectivity index (χ0) is 31.4. The lowest BCUT2D eigenvalue weighted by atomic mass is 9.89. The summed E-state index contributed by atoms with van der Waals surface area (Å²) in [4.78, 5) is 43.7. The quantitative estimate of drug-likeness (QED) is 0.284. The molecule has 2 aliphatic rings. The van der Waals surface area contributed by atoms with Crippen LogP contribution in [-0.2, 0) is 23.9 Å². The SMILES string of the molecule is CC[C@H](C)[C@@H]([C@@H](CC(=O)N1CCCC1[C@H](OC)[C@@H](C)C(=O)NCCC1C=CC=CC=C1)OC)N(C)C(=O)[C@@H](N)C(C)C. The van der Waals surface area contributed by atoms with Crippen molar-refractivity contribution in [3.8, 4) is 0 Å². The fourth-order valence-electron chi connectivity index (χ4n) is 6.15. The van der Waals surface area contributed by atoms with Gasteiger partial charge < -0.3 is 30.3 Å². The lowest BCUT2D eigenvalue weighted by Gasteiger charge is -2.40. The van der Waals surface area contributed by atoms with Crippen LogP contribution in [0.25, 0.3) is 0 Å². The zero-order valence-corrected chi connectivity index (χ0v) is 27.1. The van der Waals surface area contributed by atoms with Crippen LogP contribution in [0.3, 0.4) is 0 Å². The summed E-state index contributed by atoms with van der Waals surface area (Å²) in [6.07, 6.45) is 14.7. The number of amides is 3. The van der Waals surface area contributed by atoms with Crippen LogP contribution in [0.2, 0.25) is 0 Å². The number of nitrogens with two attached hydrogens (primary N) is 1. The van der Waals surface area contributed by atoms with Gasteiger partial charge in [-0.05, 0) is 37.0 Å². The maximum atomic E-state index is 13.8. The van der Waals surface area contributed by atoms with E-state index in [9.17, 15) is 14.4 Å². The van der Waals surface area contributed by atoms with Crippen molar-refractivity contribution in [2.75, 3.05) is 34.4 Å². The predicted molar refractivity (Wildman–Crippen MR) is 167 cm³/mol. The van der Waals surface area contributed by atoms with E-state index < -0.39 is 24.2 Å². The summed E-state index contributed by atoms with van der Waals surface area (Å²) >= 11 is 0. The number of carbonyl (C=O) groups is 3. The van der Waals surface area contributed by atoms with E-state index >= 15 is 0 Å². The van der Waals surface area contributed by atoms with Gasteiger partial charge in [0.1, 0.15) is 0 Å². The predicted octanol–water partition coefficient (Wildman–Crippen LogP) is 3.69. The van der Waals surface area contributed by atoms with Gasteiger partial charge in [0.25, 0.3) is 0 Å². The molecule has 7 atom stereocenters. The first kappa shape index (κ1) is 35.7. The van der Waals surface area contributed by atoms with Gasteiger partial charge in [0.2, 0.25) is 17.7 Å². The maximum absolute atomic E-state index is 13.8. The number of likely N-dealkylation sites (N-methyl/N-ethyl adjacent to an activating group) is 1. The molecule has 0 saturated carbocycles. The smallest absolute Gasteiger partial charge is 0.239 e. The number of methoxy groups -OCH3 is 2. The van der Waals surface area contributed by atoms with Crippen LogP contribution in [0, 0.1) is 23.7 Å². The first-order valence-electron chi connectivity index (χ1n) is 15.6. The van der Waals surface area contributed by atoms with Crippen molar-refractivity contribution in [2.24, 2.45) is 29.4 Å². The van der Waals surface area contributed by atoms with Crippen molar-refractivity contribution in [1.82, 2.24) is 15.1 Å². The summed E-state index contributed by atoms with van der Waals surface area (Å²) in [5.41, 5.74) is 6.21. The number of allylic oxidation sites excluding steroid dienone is 6. The van der Waals surface area contributed by atoms with Crippen molar-refractivity contribution in [1.29, 1.82) is 0 Å². The number of hydrogen-bond donors (Lipinski definition) is 2. The van der Waals surface area contributed by atoms with E-state index in [1.54, 1.807) is 26.2 Å². The lowest BCUT2D eigenvalue weighted by Crippen LogP contribution is -2.56. The molecule has 0 aromatic rings. The van der Waals surface area contributed by atoms with Gasteiger partial charge in [-0.15, -0.1) is 0 Å². The van der Waals surface area contributed by atoms with Crippen molar-refractivity contribution in [2.45, 2.75) is 97.1 Å². The van der Waals surface area contributed by atoms with Gasteiger partial charge in [-0.1, -0.05) is 77.5 Å². The van der Waals surface area contributed by atoms with Crippen LogP contribution in [0.1, 0.15) is 66.7 Å². The first-order valence-corrected chi connectivity index (χ1v) is 15.6. The summed E-state index contributed by atoms with van der Waals surface area (Å²) in [5.74, 6) is -0.329. The van der Waals surface area contributed by atoms with Crippen molar-refractivity contribution >= 4 is 17.7 Å². The van der Waals surface area contributed by atoms with Crippen molar-refractivity contribution in [3.05, 3.63) is 36.5 Å². The molecule has 0 spiro atoms. The van der Waals surface area contributed by atoms with Crippen molar-refractivity contribution < 1.29 is 23.9 Å². The highest BCUT2D eigenvalue weighted by Gasteiger charge is 2.42. The number of carbonyl (C=O) groups excluding carboxylic acids is 3. The third-order valence-corrected chi connectivity index (χ3v) is 9.09. The molecule has 0 radical (unpaired) electrons. The van der Waals surface area contributed by atoms with Crippen LogP contribution in [0.4, 0.5) is 0 Å². The molecule has 3 amide bonds. The average molecular weight is 589 g/mol. The van der Waals surface area contributed by atoms with E-state index in [1.807, 2.05) is 50.0 Å². The molecule has 0 aromatic heterocycles. The Labute approximate surface area is 253 Å². The molecule has 9 heteroatoms. The number of likely N-dealkylation sites (tertiary alicyclic amines) is 1. The minimum absolute atomic E-state index is 0.00142. The average Bonchev–Trinajstić information content (AvgIpc) is 3.31. The largest absolute Gasteiger partial charge is 0.379 e. The van der Waals surface area contributed by atoms with E-state index in [2.05, 4.69) is 31.3 Å². The molecule has 9 nitrogen and oxygen atoms in total. The third kappa shape index (κ3) is 9.51. The summed E-state index contributed by atoms with van der Waals surface area (Å²) in [5, 5.41) is 3.07. The lowest BCUT2D eigenvalue weighted by molar-refractivity contribution is -0.146. The Morgan fingerprint density at radius 2 is 1.69 bits per heavy atom. The van der Waals surface area contributed by atoms with Crippen LogP contribution in [0.5, 0.6) is 0 Å². The van der Waals surface area contributed by atoms with Crippen LogP contribution >= 0.6 is 0 Å². The molecular weight excluding hydrogens is 532 g/mol. The molecule has 3 N–H and O–H groups in total. The Morgan fingerprint density at radius 1 is 1.05 bits per heavy atom. The fraction of sp³-hybridized carbons (Fsp3) is 0.727. The molecular formula is C33H56N4O5. The third-order valence-electron chi connectivity index (χ3n) is 9.09. The van der Waals surface area contributed by atoms with Gasteiger partial charge in [-0.25, -0.2) is 0 Å². The summed E-state index contributed by atoms with van der Waals surface area (Å²) in [6.45, 7) is 11.0. The Bertz CT molecular complexity index is 948. The minimum Gasteiger partial charge on any atom is -0.379 e. The zero-order valence-electron chi connectivity index (χ0n) is 27.1. The standard InChI is InChI=1S/C33H56N4O5/c1-9-23(4)30(36(6)33(40)29(34)22(2)3)27(41-7)21-28(38)37-20-14-17-26(37)31(42-8)24(5)32(39)35-19-18-25-15-12-10-11-13-16-25/h10-13,15-16,22-27,29-31H,9,14,17-21,34H2,1-8H3,(H,35,39)/t23-,24+,26?,27+,29-,30-,31+/m0/s1. The number of nitrogens with one attached hydrogen (secondary N) is 1. The molecule has 2 rings (SSSR count). The summed E-state index contributed by atoms with van der Waals surface area (Å²) in [6, 6.07) is -1.14. The summed E-state index contributed by atoms with van der Waals surface area (Å²) in [7, 11) is 4.97. The molecule has 0 bridgehead atoms. The Morgan fingerprint density at radius 3 is 2.24 bits per heavy atom. The van der Waals surface area contributed by atoms with Gasteiger partial charge in [0.05, 0.1) is 42.7 Å². The molecule has 1 heterocycles. The van der Waals surface area contributed by atoms with Crippen LogP contribution in [0.15, 0.2) is 36.5 Å². The summed E-state index contributed by atoms with van der Waals surface area (Å²) < 4.78 is 11.8.